The summed E-state index contributed by atoms with van der Waals surface area (Å²) in [6, 6.07) is 16.2. The molecule has 2 aromatic carbocycles. The SMILES string of the molecule is CC(C)c1ccc(C[NH+](C)Cc2nc3ccccc3c(=O)[nH]2)cc1. The lowest BCUT2D eigenvalue weighted by molar-refractivity contribution is -0.908. The van der Waals surface area contributed by atoms with E-state index in [2.05, 4.69) is 55.1 Å². The van der Waals surface area contributed by atoms with Gasteiger partial charge in [-0.05, 0) is 23.6 Å². The van der Waals surface area contributed by atoms with E-state index in [0.717, 1.165) is 17.9 Å². The predicted molar refractivity (Wildman–Crippen MR) is 97.2 cm³/mol. The van der Waals surface area contributed by atoms with Crippen LogP contribution < -0.4 is 10.5 Å². The van der Waals surface area contributed by atoms with E-state index in [1.165, 1.54) is 16.0 Å². The molecule has 0 aliphatic heterocycles. The first-order chi connectivity index (χ1) is 11.5. The summed E-state index contributed by atoms with van der Waals surface area (Å²) in [7, 11) is 2.12. The number of benzene rings is 2. The summed E-state index contributed by atoms with van der Waals surface area (Å²) < 4.78 is 0. The molecule has 124 valence electrons. The molecule has 1 atom stereocenters. The van der Waals surface area contributed by atoms with E-state index in [1.54, 1.807) is 6.07 Å². The van der Waals surface area contributed by atoms with Crippen LogP contribution in [0, 0.1) is 0 Å². The summed E-state index contributed by atoms with van der Waals surface area (Å²) >= 11 is 0. The van der Waals surface area contributed by atoms with E-state index in [1.807, 2.05) is 18.2 Å². The molecule has 0 aliphatic carbocycles. The quantitative estimate of drug-likeness (QED) is 0.757. The van der Waals surface area contributed by atoms with Gasteiger partial charge in [0.05, 0.1) is 18.0 Å². The summed E-state index contributed by atoms with van der Waals surface area (Å²) in [4.78, 5) is 20.9. The number of rotatable bonds is 5. The second kappa shape index (κ2) is 6.97. The van der Waals surface area contributed by atoms with E-state index < -0.39 is 0 Å². The van der Waals surface area contributed by atoms with E-state index in [0.29, 0.717) is 17.8 Å². The zero-order valence-corrected chi connectivity index (χ0v) is 14.5. The molecule has 0 bridgehead atoms. The fourth-order valence-corrected chi connectivity index (χ4v) is 2.94. The van der Waals surface area contributed by atoms with Crippen molar-refractivity contribution in [3.63, 3.8) is 0 Å². The van der Waals surface area contributed by atoms with Crippen LogP contribution in [0.1, 0.15) is 36.7 Å². The zero-order chi connectivity index (χ0) is 17.1. The van der Waals surface area contributed by atoms with Crippen molar-refractivity contribution in [3.8, 4) is 0 Å². The van der Waals surface area contributed by atoms with Crippen LogP contribution in [0.25, 0.3) is 10.9 Å². The largest absolute Gasteiger partial charge is 0.327 e. The molecule has 2 N–H and O–H groups in total. The maximum absolute atomic E-state index is 12.1. The second-order valence-electron chi connectivity index (χ2n) is 6.74. The molecule has 0 saturated heterocycles. The summed E-state index contributed by atoms with van der Waals surface area (Å²) in [6.45, 7) is 5.99. The third-order valence-corrected chi connectivity index (χ3v) is 4.28. The zero-order valence-electron chi connectivity index (χ0n) is 14.5. The summed E-state index contributed by atoms with van der Waals surface area (Å²) in [5.74, 6) is 1.28. The summed E-state index contributed by atoms with van der Waals surface area (Å²) in [6.07, 6.45) is 0. The molecular formula is C20H24N3O+. The molecule has 1 heterocycles. The number of hydrogen-bond donors (Lipinski definition) is 2. The average Bonchev–Trinajstić information content (AvgIpc) is 2.55. The Morgan fingerprint density at radius 3 is 2.46 bits per heavy atom. The Morgan fingerprint density at radius 1 is 1.04 bits per heavy atom. The van der Waals surface area contributed by atoms with Crippen molar-refractivity contribution in [2.75, 3.05) is 7.05 Å². The molecule has 0 saturated carbocycles. The number of aromatic nitrogens is 2. The molecule has 0 spiro atoms. The van der Waals surface area contributed by atoms with Crippen LogP contribution in [-0.2, 0) is 13.1 Å². The van der Waals surface area contributed by atoms with Crippen molar-refractivity contribution < 1.29 is 4.90 Å². The molecular weight excluding hydrogens is 298 g/mol. The number of H-pyrrole nitrogens is 1. The predicted octanol–water partition coefficient (Wildman–Crippen LogP) is 2.26. The molecule has 0 radical (unpaired) electrons. The highest BCUT2D eigenvalue weighted by molar-refractivity contribution is 5.77. The summed E-state index contributed by atoms with van der Waals surface area (Å²) in [5.41, 5.74) is 3.34. The van der Waals surface area contributed by atoms with Crippen LogP contribution in [-0.4, -0.2) is 17.0 Å². The molecule has 0 aliphatic rings. The highest BCUT2D eigenvalue weighted by Gasteiger charge is 2.10. The Balaban J connectivity index is 1.72. The minimum Gasteiger partial charge on any atom is -0.327 e. The molecule has 0 amide bonds. The fourth-order valence-electron chi connectivity index (χ4n) is 2.94. The van der Waals surface area contributed by atoms with E-state index >= 15 is 0 Å². The molecule has 4 heteroatoms. The van der Waals surface area contributed by atoms with Crippen LogP contribution in [0.3, 0.4) is 0 Å². The van der Waals surface area contributed by atoms with Crippen LogP contribution in [0.2, 0.25) is 0 Å². The lowest BCUT2D eigenvalue weighted by Gasteiger charge is -2.14. The molecule has 1 aromatic heterocycles. The smallest absolute Gasteiger partial charge is 0.258 e. The number of para-hydroxylation sites is 1. The van der Waals surface area contributed by atoms with E-state index in [4.69, 9.17) is 0 Å². The minimum atomic E-state index is -0.0651. The van der Waals surface area contributed by atoms with Crippen LogP contribution in [0.15, 0.2) is 53.3 Å². The van der Waals surface area contributed by atoms with Gasteiger partial charge in [-0.2, -0.15) is 0 Å². The first kappa shape index (κ1) is 16.4. The number of nitrogens with zero attached hydrogens (tertiary/aromatic N) is 1. The number of fused-ring (bicyclic) bond motifs is 1. The molecule has 1 unspecified atom stereocenters. The van der Waals surface area contributed by atoms with Gasteiger partial charge in [0.25, 0.3) is 5.56 Å². The minimum absolute atomic E-state index is 0.0651. The first-order valence-corrected chi connectivity index (χ1v) is 8.41. The van der Waals surface area contributed by atoms with Crippen LogP contribution >= 0.6 is 0 Å². The average molecular weight is 322 g/mol. The van der Waals surface area contributed by atoms with Crippen molar-refractivity contribution in [1.82, 2.24) is 9.97 Å². The Labute approximate surface area is 142 Å². The van der Waals surface area contributed by atoms with Gasteiger partial charge >= 0.3 is 0 Å². The molecule has 3 rings (SSSR count). The van der Waals surface area contributed by atoms with Crippen molar-refractivity contribution in [2.45, 2.75) is 32.9 Å². The Morgan fingerprint density at radius 2 is 1.75 bits per heavy atom. The van der Waals surface area contributed by atoms with Gasteiger partial charge in [0.1, 0.15) is 13.1 Å². The fraction of sp³-hybridized carbons (Fsp3) is 0.300. The van der Waals surface area contributed by atoms with Crippen molar-refractivity contribution in [2.24, 2.45) is 0 Å². The summed E-state index contributed by atoms with van der Waals surface area (Å²) in [5, 5.41) is 0.642. The Bertz CT molecular complexity index is 881. The van der Waals surface area contributed by atoms with Gasteiger partial charge in [-0.25, -0.2) is 4.98 Å². The Kier molecular flexibility index (Phi) is 4.76. The third kappa shape index (κ3) is 3.71. The van der Waals surface area contributed by atoms with Gasteiger partial charge in [-0.15, -0.1) is 0 Å². The highest BCUT2D eigenvalue weighted by Crippen LogP contribution is 2.14. The number of hydrogen-bond acceptors (Lipinski definition) is 2. The molecule has 24 heavy (non-hydrogen) atoms. The van der Waals surface area contributed by atoms with Crippen molar-refractivity contribution >= 4 is 10.9 Å². The standard InChI is InChI=1S/C20H23N3O/c1-14(2)16-10-8-15(9-11-16)12-23(3)13-19-21-18-7-5-4-6-17(18)20(24)22-19/h4-11,14H,12-13H2,1-3H3,(H,21,22,24)/p+1. The van der Waals surface area contributed by atoms with E-state index in [9.17, 15) is 4.79 Å². The highest BCUT2D eigenvalue weighted by atomic mass is 16.1. The third-order valence-electron chi connectivity index (χ3n) is 4.28. The number of quaternary nitrogens is 1. The van der Waals surface area contributed by atoms with Gasteiger partial charge < -0.3 is 9.88 Å². The number of nitrogens with one attached hydrogen (secondary N) is 2. The molecule has 4 nitrogen and oxygen atoms in total. The first-order valence-electron chi connectivity index (χ1n) is 8.41. The molecule has 0 fully saturated rings. The topological polar surface area (TPSA) is 50.2 Å². The van der Waals surface area contributed by atoms with Crippen molar-refractivity contribution in [1.29, 1.82) is 0 Å². The van der Waals surface area contributed by atoms with Crippen molar-refractivity contribution in [3.05, 3.63) is 75.8 Å². The Hall–Kier alpha value is -2.46. The van der Waals surface area contributed by atoms with Crippen LogP contribution in [0.4, 0.5) is 0 Å². The van der Waals surface area contributed by atoms with Gasteiger partial charge in [-0.1, -0.05) is 50.2 Å². The second-order valence-corrected chi connectivity index (χ2v) is 6.74. The van der Waals surface area contributed by atoms with Gasteiger partial charge in [0.2, 0.25) is 0 Å². The van der Waals surface area contributed by atoms with E-state index in [-0.39, 0.29) is 5.56 Å². The van der Waals surface area contributed by atoms with Gasteiger partial charge in [-0.3, -0.25) is 4.79 Å². The monoisotopic (exact) mass is 322 g/mol. The lowest BCUT2D eigenvalue weighted by atomic mass is 10.0. The number of aromatic amines is 1. The lowest BCUT2D eigenvalue weighted by Crippen LogP contribution is -3.06. The molecule has 3 aromatic rings. The van der Waals surface area contributed by atoms with Gasteiger partial charge in [0, 0.05) is 5.56 Å². The maximum Gasteiger partial charge on any atom is 0.258 e. The normalized spacial score (nSPS) is 12.7. The maximum atomic E-state index is 12.1. The van der Waals surface area contributed by atoms with Crippen LogP contribution in [0.5, 0.6) is 0 Å². The van der Waals surface area contributed by atoms with Gasteiger partial charge in [0.15, 0.2) is 5.82 Å².